The molecule has 1 unspecified atom stereocenters. The molecule has 0 radical (unpaired) electrons. The molecular weight excluding hydrogens is 236 g/mol. The molecule has 0 spiro atoms. The first kappa shape index (κ1) is 12.3. The minimum atomic E-state index is 0.765. The number of aromatic nitrogens is 2. The van der Waals surface area contributed by atoms with Crippen molar-refractivity contribution in [3.05, 3.63) is 47.5 Å². The van der Waals surface area contributed by atoms with Gasteiger partial charge in [0.2, 0.25) is 0 Å². The van der Waals surface area contributed by atoms with E-state index < -0.39 is 0 Å². The highest BCUT2D eigenvalue weighted by Crippen LogP contribution is 2.23. The number of ether oxygens (including phenoxy) is 1. The van der Waals surface area contributed by atoms with Gasteiger partial charge in [0.1, 0.15) is 11.6 Å². The summed E-state index contributed by atoms with van der Waals surface area (Å²) in [4.78, 5) is 4.76. The predicted molar refractivity (Wildman–Crippen MR) is 75.5 cm³/mol. The Morgan fingerprint density at radius 1 is 1.37 bits per heavy atom. The smallest absolute Gasteiger partial charge is 0.122 e. The second kappa shape index (κ2) is 5.08. The molecule has 1 atom stereocenters. The van der Waals surface area contributed by atoms with Crippen LogP contribution in [0.3, 0.4) is 0 Å². The molecule has 0 N–H and O–H groups in total. The van der Waals surface area contributed by atoms with Crippen molar-refractivity contribution in [3.63, 3.8) is 0 Å². The summed E-state index contributed by atoms with van der Waals surface area (Å²) in [5.74, 6) is 2.95. The Balaban J connectivity index is 1.84. The van der Waals surface area contributed by atoms with E-state index in [1.54, 1.807) is 7.11 Å². The van der Waals surface area contributed by atoms with E-state index in [1.165, 1.54) is 17.8 Å². The molecule has 0 aliphatic carbocycles. The van der Waals surface area contributed by atoms with Crippen molar-refractivity contribution in [1.82, 2.24) is 9.55 Å². The van der Waals surface area contributed by atoms with Crippen LogP contribution < -0.4 is 4.74 Å². The summed E-state index contributed by atoms with van der Waals surface area (Å²) in [7, 11) is 1.72. The molecule has 1 aliphatic heterocycles. The molecule has 2 aromatic rings. The lowest BCUT2D eigenvalue weighted by Gasteiger charge is -2.19. The minimum absolute atomic E-state index is 0.765. The third-order valence-corrected chi connectivity index (χ3v) is 3.84. The maximum absolute atomic E-state index is 5.40. The number of hydrogen-bond donors (Lipinski definition) is 0. The molecule has 0 saturated heterocycles. The number of para-hydroxylation sites is 1. The zero-order valence-electron chi connectivity index (χ0n) is 11.6. The van der Waals surface area contributed by atoms with Gasteiger partial charge in [0.05, 0.1) is 12.8 Å². The Morgan fingerprint density at radius 2 is 2.21 bits per heavy atom. The molecule has 2 heterocycles. The van der Waals surface area contributed by atoms with E-state index in [0.29, 0.717) is 0 Å². The average Bonchev–Trinajstić information content (AvgIpc) is 2.80. The highest BCUT2D eigenvalue weighted by molar-refractivity contribution is 5.36. The summed E-state index contributed by atoms with van der Waals surface area (Å²) in [6.45, 7) is 3.41. The summed E-state index contributed by atoms with van der Waals surface area (Å²) in [5, 5.41) is 0. The standard InChI is InChI=1S/C16H20N2O/c1-12-7-8-16-17-14(11-18(16)10-12)9-13-5-3-4-6-15(13)19-2/h3-6,11-12H,7-10H2,1-2H3. The fourth-order valence-electron chi connectivity index (χ4n) is 2.80. The van der Waals surface area contributed by atoms with Gasteiger partial charge in [0, 0.05) is 31.1 Å². The normalized spacial score (nSPS) is 18.1. The molecule has 3 heteroatoms. The minimum Gasteiger partial charge on any atom is -0.496 e. The van der Waals surface area contributed by atoms with Crippen LogP contribution in [0.2, 0.25) is 0 Å². The van der Waals surface area contributed by atoms with Crippen molar-refractivity contribution in [2.45, 2.75) is 32.7 Å². The summed E-state index contributed by atoms with van der Waals surface area (Å²) < 4.78 is 7.72. The molecule has 1 aromatic heterocycles. The average molecular weight is 256 g/mol. The first-order valence-electron chi connectivity index (χ1n) is 6.93. The number of rotatable bonds is 3. The Hall–Kier alpha value is -1.77. The molecule has 3 rings (SSSR count). The predicted octanol–water partition coefficient (Wildman–Crippen LogP) is 3.06. The van der Waals surface area contributed by atoms with E-state index >= 15 is 0 Å². The molecule has 100 valence electrons. The van der Waals surface area contributed by atoms with Gasteiger partial charge in [0.15, 0.2) is 0 Å². The number of nitrogens with zero attached hydrogens (tertiary/aromatic N) is 2. The van der Waals surface area contributed by atoms with Crippen LogP contribution in [0.4, 0.5) is 0 Å². The van der Waals surface area contributed by atoms with Gasteiger partial charge in [-0.2, -0.15) is 0 Å². The highest BCUT2D eigenvalue weighted by atomic mass is 16.5. The molecule has 3 nitrogen and oxygen atoms in total. The van der Waals surface area contributed by atoms with Gasteiger partial charge < -0.3 is 9.30 Å². The highest BCUT2D eigenvalue weighted by Gasteiger charge is 2.17. The number of aryl methyl sites for hydroxylation is 1. The number of methoxy groups -OCH3 is 1. The summed E-state index contributed by atoms with van der Waals surface area (Å²) in [6, 6.07) is 8.17. The SMILES string of the molecule is COc1ccccc1Cc1cn2c(n1)CCC(C)C2. The lowest BCUT2D eigenvalue weighted by atomic mass is 10.0. The van der Waals surface area contributed by atoms with E-state index in [-0.39, 0.29) is 0 Å². The topological polar surface area (TPSA) is 27.1 Å². The summed E-state index contributed by atoms with van der Waals surface area (Å²) in [6.07, 6.45) is 5.41. The van der Waals surface area contributed by atoms with Gasteiger partial charge in [-0.15, -0.1) is 0 Å². The van der Waals surface area contributed by atoms with E-state index in [9.17, 15) is 0 Å². The Morgan fingerprint density at radius 3 is 3.05 bits per heavy atom. The first-order chi connectivity index (χ1) is 9.26. The second-order valence-corrected chi connectivity index (χ2v) is 5.43. The largest absolute Gasteiger partial charge is 0.496 e. The van der Waals surface area contributed by atoms with Crippen LogP contribution in [-0.4, -0.2) is 16.7 Å². The van der Waals surface area contributed by atoms with Crippen molar-refractivity contribution in [3.8, 4) is 5.75 Å². The lowest BCUT2D eigenvalue weighted by molar-refractivity contribution is 0.394. The van der Waals surface area contributed by atoms with Crippen molar-refractivity contribution < 1.29 is 4.74 Å². The van der Waals surface area contributed by atoms with Gasteiger partial charge in [-0.3, -0.25) is 0 Å². The quantitative estimate of drug-likeness (QED) is 0.844. The zero-order chi connectivity index (χ0) is 13.2. The molecule has 19 heavy (non-hydrogen) atoms. The van der Waals surface area contributed by atoms with Crippen molar-refractivity contribution >= 4 is 0 Å². The second-order valence-electron chi connectivity index (χ2n) is 5.43. The molecule has 1 aromatic carbocycles. The number of imidazole rings is 1. The monoisotopic (exact) mass is 256 g/mol. The van der Waals surface area contributed by atoms with Crippen LogP contribution >= 0.6 is 0 Å². The van der Waals surface area contributed by atoms with E-state index in [4.69, 9.17) is 9.72 Å². The van der Waals surface area contributed by atoms with Crippen LogP contribution in [0.5, 0.6) is 5.75 Å². The number of benzene rings is 1. The zero-order valence-corrected chi connectivity index (χ0v) is 11.6. The maximum atomic E-state index is 5.40. The molecule has 0 amide bonds. The summed E-state index contributed by atoms with van der Waals surface area (Å²) >= 11 is 0. The lowest BCUT2D eigenvalue weighted by Crippen LogP contribution is -2.17. The van der Waals surface area contributed by atoms with Gasteiger partial charge in [-0.1, -0.05) is 25.1 Å². The van der Waals surface area contributed by atoms with Gasteiger partial charge in [-0.05, 0) is 18.4 Å². The first-order valence-corrected chi connectivity index (χ1v) is 6.93. The van der Waals surface area contributed by atoms with Crippen molar-refractivity contribution in [1.29, 1.82) is 0 Å². The Bertz CT molecular complexity index is 574. The third-order valence-electron chi connectivity index (χ3n) is 3.84. The maximum Gasteiger partial charge on any atom is 0.122 e. The molecule has 0 fully saturated rings. The molecule has 0 bridgehead atoms. The van der Waals surface area contributed by atoms with Gasteiger partial charge >= 0.3 is 0 Å². The van der Waals surface area contributed by atoms with Crippen LogP contribution in [-0.2, 0) is 19.4 Å². The van der Waals surface area contributed by atoms with Crippen molar-refractivity contribution in [2.24, 2.45) is 5.92 Å². The number of hydrogen-bond acceptors (Lipinski definition) is 2. The van der Waals surface area contributed by atoms with Crippen LogP contribution in [0.15, 0.2) is 30.5 Å². The number of fused-ring (bicyclic) bond motifs is 1. The Kier molecular flexibility index (Phi) is 3.28. The fourth-order valence-corrected chi connectivity index (χ4v) is 2.80. The molecule has 0 saturated carbocycles. The van der Waals surface area contributed by atoms with Crippen LogP contribution in [0, 0.1) is 5.92 Å². The third kappa shape index (κ3) is 2.50. The van der Waals surface area contributed by atoms with Crippen LogP contribution in [0.25, 0.3) is 0 Å². The van der Waals surface area contributed by atoms with Gasteiger partial charge in [0.25, 0.3) is 0 Å². The van der Waals surface area contributed by atoms with Crippen LogP contribution in [0.1, 0.15) is 30.4 Å². The van der Waals surface area contributed by atoms with E-state index in [0.717, 1.165) is 36.7 Å². The van der Waals surface area contributed by atoms with E-state index in [1.807, 2.05) is 12.1 Å². The summed E-state index contributed by atoms with van der Waals surface area (Å²) in [5.41, 5.74) is 2.35. The van der Waals surface area contributed by atoms with Gasteiger partial charge in [-0.25, -0.2) is 4.98 Å². The Labute approximate surface area is 114 Å². The van der Waals surface area contributed by atoms with E-state index in [2.05, 4.69) is 29.8 Å². The molecule has 1 aliphatic rings. The van der Waals surface area contributed by atoms with Crippen molar-refractivity contribution in [2.75, 3.05) is 7.11 Å². The fraction of sp³-hybridized carbons (Fsp3) is 0.438. The molecular formula is C16H20N2O.